The number of aryl methyl sites for hydroxylation is 3. The first-order chi connectivity index (χ1) is 14.8. The minimum Gasteiger partial charge on any atom is -0.378 e. The molecule has 0 amide bonds. The molecule has 7 nitrogen and oxygen atoms in total. The summed E-state index contributed by atoms with van der Waals surface area (Å²) < 4.78 is 7.37. The van der Waals surface area contributed by atoms with E-state index in [1.54, 1.807) is 0 Å². The van der Waals surface area contributed by atoms with Crippen molar-refractivity contribution in [3.05, 3.63) is 66.2 Å². The second-order valence-corrected chi connectivity index (χ2v) is 7.42. The Morgan fingerprint density at radius 3 is 2.47 bits per heavy atom. The van der Waals surface area contributed by atoms with E-state index in [4.69, 9.17) is 19.7 Å². The fourth-order valence-corrected chi connectivity index (χ4v) is 3.80. The third-order valence-electron chi connectivity index (χ3n) is 5.40. The molecule has 152 valence electrons. The number of ether oxygens (including phenoxy) is 1. The van der Waals surface area contributed by atoms with Crippen LogP contribution in [0.3, 0.4) is 0 Å². The zero-order valence-electron chi connectivity index (χ0n) is 17.0. The van der Waals surface area contributed by atoms with Crippen LogP contribution in [-0.2, 0) is 24.6 Å². The third kappa shape index (κ3) is 3.76. The fourth-order valence-electron chi connectivity index (χ4n) is 3.80. The van der Waals surface area contributed by atoms with Gasteiger partial charge in [-0.2, -0.15) is 5.10 Å². The lowest BCUT2D eigenvalue weighted by Crippen LogP contribution is -2.37. The zero-order chi connectivity index (χ0) is 20.3. The number of hydrogen-bond donors (Lipinski definition) is 0. The van der Waals surface area contributed by atoms with Gasteiger partial charge < -0.3 is 9.64 Å². The number of rotatable bonds is 5. The fraction of sp³-hybridized carbons (Fsp3) is 0.304. The number of hydrogen-bond acceptors (Lipinski definition) is 6. The van der Waals surface area contributed by atoms with Gasteiger partial charge in [-0.15, -0.1) is 0 Å². The molecule has 1 fully saturated rings. The summed E-state index contributed by atoms with van der Waals surface area (Å²) in [4.78, 5) is 16.8. The van der Waals surface area contributed by atoms with Crippen LogP contribution in [-0.4, -0.2) is 51.0 Å². The van der Waals surface area contributed by atoms with Gasteiger partial charge in [0.25, 0.3) is 0 Å². The Hall–Kier alpha value is -3.32. The molecule has 0 radical (unpaired) electrons. The quantitative estimate of drug-likeness (QED) is 0.513. The molecule has 0 saturated carbocycles. The first-order valence-corrected chi connectivity index (χ1v) is 10.3. The second kappa shape index (κ2) is 8.20. The van der Waals surface area contributed by atoms with E-state index in [1.165, 1.54) is 0 Å². The summed E-state index contributed by atoms with van der Waals surface area (Å²) in [5.74, 6) is 3.52. The summed E-state index contributed by atoms with van der Waals surface area (Å²) in [7, 11) is 1.94. The van der Waals surface area contributed by atoms with Gasteiger partial charge in [-0.05, 0) is 12.1 Å². The molecule has 0 atom stereocenters. The Morgan fingerprint density at radius 1 is 0.867 bits per heavy atom. The Kier molecular flexibility index (Phi) is 5.11. The van der Waals surface area contributed by atoms with Crippen LogP contribution in [0.4, 0.5) is 5.82 Å². The summed E-state index contributed by atoms with van der Waals surface area (Å²) in [5, 5.41) is 5.67. The van der Waals surface area contributed by atoms with E-state index in [0.717, 1.165) is 72.5 Å². The van der Waals surface area contributed by atoms with Gasteiger partial charge in [-0.25, -0.2) is 15.0 Å². The predicted octanol–water partition coefficient (Wildman–Crippen LogP) is 3.05. The van der Waals surface area contributed by atoms with E-state index >= 15 is 0 Å². The maximum Gasteiger partial charge on any atom is 0.181 e. The first-order valence-electron chi connectivity index (χ1n) is 10.3. The van der Waals surface area contributed by atoms with E-state index in [2.05, 4.69) is 22.1 Å². The topological polar surface area (TPSA) is 69.0 Å². The van der Waals surface area contributed by atoms with Crippen molar-refractivity contribution in [3.63, 3.8) is 0 Å². The number of aromatic nitrogens is 5. The van der Waals surface area contributed by atoms with Gasteiger partial charge in [-0.3, -0.25) is 4.68 Å². The summed E-state index contributed by atoms with van der Waals surface area (Å²) in [5.41, 5.74) is 2.00. The molecule has 2 aromatic heterocycles. The van der Waals surface area contributed by atoms with Crippen LogP contribution in [0.25, 0.3) is 22.3 Å². The summed E-state index contributed by atoms with van der Waals surface area (Å²) in [6.45, 7) is 3.16. The van der Waals surface area contributed by atoms with Crippen molar-refractivity contribution in [2.24, 2.45) is 7.05 Å². The van der Waals surface area contributed by atoms with Crippen LogP contribution in [0.2, 0.25) is 0 Å². The molecular formula is C23H24N6O. The van der Waals surface area contributed by atoms with Crippen LogP contribution in [0.15, 0.2) is 54.6 Å². The molecule has 0 spiro atoms. The SMILES string of the molecule is Cn1nc(-c2ccccc2)nc1CCc1nc(N2CCOCC2)c2ccccc2n1. The molecule has 2 aromatic carbocycles. The molecule has 3 heterocycles. The molecule has 1 aliphatic heterocycles. The van der Waals surface area contributed by atoms with Crippen molar-refractivity contribution in [1.82, 2.24) is 24.7 Å². The van der Waals surface area contributed by atoms with E-state index in [0.29, 0.717) is 6.42 Å². The highest BCUT2D eigenvalue weighted by Crippen LogP contribution is 2.25. The highest BCUT2D eigenvalue weighted by Gasteiger charge is 2.18. The van der Waals surface area contributed by atoms with Gasteiger partial charge in [0.15, 0.2) is 5.82 Å². The Balaban J connectivity index is 1.41. The van der Waals surface area contributed by atoms with E-state index in [-0.39, 0.29) is 0 Å². The third-order valence-corrected chi connectivity index (χ3v) is 5.40. The van der Waals surface area contributed by atoms with Gasteiger partial charge in [0.05, 0.1) is 18.7 Å². The molecule has 4 aromatic rings. The van der Waals surface area contributed by atoms with E-state index in [1.807, 2.05) is 54.2 Å². The average molecular weight is 400 g/mol. The van der Waals surface area contributed by atoms with Crippen LogP contribution in [0.1, 0.15) is 11.6 Å². The zero-order valence-corrected chi connectivity index (χ0v) is 17.0. The molecule has 0 bridgehead atoms. The minimum absolute atomic E-state index is 0.711. The van der Waals surface area contributed by atoms with Crippen molar-refractivity contribution < 1.29 is 4.74 Å². The highest BCUT2D eigenvalue weighted by atomic mass is 16.5. The van der Waals surface area contributed by atoms with Crippen LogP contribution in [0.5, 0.6) is 0 Å². The summed E-state index contributed by atoms with van der Waals surface area (Å²) >= 11 is 0. The molecule has 7 heteroatoms. The lowest BCUT2D eigenvalue weighted by molar-refractivity contribution is 0.122. The van der Waals surface area contributed by atoms with Crippen molar-refractivity contribution in [2.75, 3.05) is 31.2 Å². The first kappa shape index (κ1) is 18.7. The number of para-hydroxylation sites is 1. The van der Waals surface area contributed by atoms with Gasteiger partial charge in [-0.1, -0.05) is 42.5 Å². The number of anilines is 1. The lowest BCUT2D eigenvalue weighted by Gasteiger charge is -2.29. The van der Waals surface area contributed by atoms with Gasteiger partial charge in [0, 0.05) is 43.9 Å². The predicted molar refractivity (Wildman–Crippen MR) is 116 cm³/mol. The summed E-state index contributed by atoms with van der Waals surface area (Å²) in [6.07, 6.45) is 1.44. The molecule has 1 aliphatic rings. The van der Waals surface area contributed by atoms with Crippen LogP contribution >= 0.6 is 0 Å². The smallest absolute Gasteiger partial charge is 0.181 e. The number of nitrogens with zero attached hydrogens (tertiary/aromatic N) is 6. The molecule has 0 N–H and O–H groups in total. The lowest BCUT2D eigenvalue weighted by atomic mass is 10.2. The molecule has 0 unspecified atom stereocenters. The second-order valence-electron chi connectivity index (χ2n) is 7.42. The molecule has 0 aliphatic carbocycles. The van der Waals surface area contributed by atoms with Crippen molar-refractivity contribution in [1.29, 1.82) is 0 Å². The van der Waals surface area contributed by atoms with Crippen molar-refractivity contribution in [3.8, 4) is 11.4 Å². The van der Waals surface area contributed by atoms with Crippen molar-refractivity contribution in [2.45, 2.75) is 12.8 Å². The molecule has 30 heavy (non-hydrogen) atoms. The molecular weight excluding hydrogens is 376 g/mol. The molecule has 5 rings (SSSR count). The standard InChI is InChI=1S/C23H24N6O/c1-28-21(26-22(27-28)17-7-3-2-4-8-17)12-11-20-24-19-10-6-5-9-18(19)23(25-20)29-13-15-30-16-14-29/h2-10H,11-16H2,1H3. The number of benzene rings is 2. The maximum atomic E-state index is 5.52. The largest absolute Gasteiger partial charge is 0.378 e. The minimum atomic E-state index is 0.711. The van der Waals surface area contributed by atoms with Gasteiger partial charge in [0.2, 0.25) is 0 Å². The van der Waals surface area contributed by atoms with E-state index < -0.39 is 0 Å². The normalized spacial score (nSPS) is 14.4. The van der Waals surface area contributed by atoms with Gasteiger partial charge in [0.1, 0.15) is 17.5 Å². The maximum absolute atomic E-state index is 5.52. The Morgan fingerprint density at radius 2 is 1.63 bits per heavy atom. The van der Waals surface area contributed by atoms with Crippen LogP contribution in [0, 0.1) is 0 Å². The Bertz CT molecular complexity index is 1150. The highest BCUT2D eigenvalue weighted by molar-refractivity contribution is 5.89. The summed E-state index contributed by atoms with van der Waals surface area (Å²) in [6, 6.07) is 18.3. The van der Waals surface area contributed by atoms with Crippen LogP contribution < -0.4 is 4.90 Å². The van der Waals surface area contributed by atoms with Gasteiger partial charge >= 0.3 is 0 Å². The van der Waals surface area contributed by atoms with Crippen molar-refractivity contribution >= 4 is 16.7 Å². The average Bonchev–Trinajstić information content (AvgIpc) is 3.19. The Labute approximate surface area is 175 Å². The monoisotopic (exact) mass is 400 g/mol. The number of fused-ring (bicyclic) bond motifs is 1. The molecule has 1 saturated heterocycles. The van der Waals surface area contributed by atoms with E-state index in [9.17, 15) is 0 Å². The number of morpholine rings is 1.